The van der Waals surface area contributed by atoms with Crippen molar-refractivity contribution in [2.45, 2.75) is 58.4 Å². The van der Waals surface area contributed by atoms with Gasteiger partial charge in [0.25, 0.3) is 0 Å². The van der Waals surface area contributed by atoms with Gasteiger partial charge in [-0.1, -0.05) is 26.7 Å². The van der Waals surface area contributed by atoms with Crippen LogP contribution in [0.5, 0.6) is 0 Å². The number of rotatable bonds is 7. The lowest BCUT2D eigenvalue weighted by Gasteiger charge is -2.27. The van der Waals surface area contributed by atoms with Gasteiger partial charge in [-0.15, -0.1) is 10.2 Å². The Morgan fingerprint density at radius 1 is 1.32 bits per heavy atom. The van der Waals surface area contributed by atoms with Crippen LogP contribution in [0.4, 0.5) is 0 Å². The summed E-state index contributed by atoms with van der Waals surface area (Å²) < 4.78 is 5.88. The molecule has 0 radical (unpaired) electrons. The second-order valence-corrected chi connectivity index (χ2v) is 6.65. The molecule has 0 spiro atoms. The predicted molar refractivity (Wildman–Crippen MR) is 94.5 cm³/mol. The third-order valence-electron chi connectivity index (χ3n) is 4.79. The molecule has 134 valence electrons. The smallest absolute Gasteiger partial charge is 0.249 e. The van der Waals surface area contributed by atoms with Gasteiger partial charge in [0, 0.05) is 24.9 Å². The molecular weight excluding hydrogens is 316 g/mol. The average molecular weight is 342 g/mol. The van der Waals surface area contributed by atoms with Crippen molar-refractivity contribution in [3.63, 3.8) is 0 Å². The topological polar surface area (TPSA) is 72.1 Å². The molecular formula is C19H26N4O2. The molecule has 1 aliphatic heterocycles. The average Bonchev–Trinajstić information content (AvgIpc) is 3.30. The summed E-state index contributed by atoms with van der Waals surface area (Å²) in [7, 11) is 0. The molecule has 25 heavy (non-hydrogen) atoms. The van der Waals surface area contributed by atoms with Crippen LogP contribution < -0.4 is 0 Å². The molecule has 1 saturated heterocycles. The third-order valence-corrected chi connectivity index (χ3v) is 4.79. The minimum Gasteiger partial charge on any atom is -0.418 e. The monoisotopic (exact) mass is 342 g/mol. The van der Waals surface area contributed by atoms with E-state index >= 15 is 0 Å². The molecule has 1 aliphatic rings. The summed E-state index contributed by atoms with van der Waals surface area (Å²) >= 11 is 0. The van der Waals surface area contributed by atoms with E-state index in [0.29, 0.717) is 11.8 Å². The molecule has 1 fully saturated rings. The summed E-state index contributed by atoms with van der Waals surface area (Å²) in [5.41, 5.74) is 0.798. The summed E-state index contributed by atoms with van der Waals surface area (Å²) in [4.78, 5) is 19.0. The summed E-state index contributed by atoms with van der Waals surface area (Å²) in [5, 5.41) is 8.37. The van der Waals surface area contributed by atoms with E-state index in [4.69, 9.17) is 4.42 Å². The summed E-state index contributed by atoms with van der Waals surface area (Å²) in [6, 6.07) is 3.63. The van der Waals surface area contributed by atoms with Gasteiger partial charge in [0.15, 0.2) is 0 Å². The fraction of sp³-hybridized carbons (Fsp3) is 0.579. The Kier molecular flexibility index (Phi) is 5.79. The highest BCUT2D eigenvalue weighted by Gasteiger charge is 2.36. The van der Waals surface area contributed by atoms with Crippen molar-refractivity contribution in [3.8, 4) is 11.5 Å². The molecule has 6 nitrogen and oxygen atoms in total. The van der Waals surface area contributed by atoms with Crippen LogP contribution in [0.25, 0.3) is 11.5 Å². The third kappa shape index (κ3) is 3.89. The molecule has 1 amide bonds. The number of hydrogen-bond donors (Lipinski definition) is 0. The van der Waals surface area contributed by atoms with Gasteiger partial charge in [-0.05, 0) is 37.8 Å². The molecule has 0 aromatic carbocycles. The van der Waals surface area contributed by atoms with Crippen molar-refractivity contribution >= 4 is 5.91 Å². The van der Waals surface area contributed by atoms with Crippen molar-refractivity contribution < 1.29 is 9.21 Å². The van der Waals surface area contributed by atoms with Gasteiger partial charge >= 0.3 is 0 Å². The lowest BCUT2D eigenvalue weighted by molar-refractivity contribution is -0.137. The zero-order chi connectivity index (χ0) is 17.6. The van der Waals surface area contributed by atoms with E-state index in [2.05, 4.69) is 29.0 Å². The second kappa shape index (κ2) is 8.23. The highest BCUT2D eigenvalue weighted by molar-refractivity contribution is 5.79. The van der Waals surface area contributed by atoms with E-state index in [-0.39, 0.29) is 17.9 Å². The number of aromatic nitrogens is 3. The van der Waals surface area contributed by atoms with E-state index < -0.39 is 0 Å². The molecule has 0 bridgehead atoms. The maximum absolute atomic E-state index is 13.0. The molecule has 1 atom stereocenters. The summed E-state index contributed by atoms with van der Waals surface area (Å²) in [6.07, 6.45) is 9.22. The molecule has 1 unspecified atom stereocenters. The standard InChI is InChI=1S/C19H26N4O2/c1-3-7-14(8-4-2)19(24)23-12-6-10-16(23)18-22-21-17(25-18)15-9-5-11-20-13-15/h5,9,11,13-14,16H,3-4,6-8,10,12H2,1-2H3. The molecule has 0 aliphatic carbocycles. The SMILES string of the molecule is CCCC(CCC)C(=O)N1CCCC1c1nnc(-c2cccnc2)o1. The van der Waals surface area contributed by atoms with Crippen LogP contribution in [0.3, 0.4) is 0 Å². The Hall–Kier alpha value is -2.24. The molecule has 0 saturated carbocycles. The van der Waals surface area contributed by atoms with Crippen molar-refractivity contribution in [2.75, 3.05) is 6.54 Å². The van der Waals surface area contributed by atoms with Crippen molar-refractivity contribution in [2.24, 2.45) is 5.92 Å². The zero-order valence-corrected chi connectivity index (χ0v) is 15.0. The Labute approximate surface area is 148 Å². The molecule has 2 aromatic rings. The number of likely N-dealkylation sites (tertiary alicyclic amines) is 1. The summed E-state index contributed by atoms with van der Waals surface area (Å²) in [5.74, 6) is 1.35. The fourth-order valence-corrected chi connectivity index (χ4v) is 3.59. The molecule has 3 heterocycles. The minimum absolute atomic E-state index is 0.0957. The van der Waals surface area contributed by atoms with Crippen LogP contribution in [-0.4, -0.2) is 32.5 Å². The molecule has 2 aromatic heterocycles. The molecule has 6 heteroatoms. The maximum Gasteiger partial charge on any atom is 0.249 e. The summed E-state index contributed by atoms with van der Waals surface area (Å²) in [6.45, 7) is 5.04. The first-order valence-electron chi connectivity index (χ1n) is 9.28. The quantitative estimate of drug-likeness (QED) is 0.760. The fourth-order valence-electron chi connectivity index (χ4n) is 3.59. The lowest BCUT2D eigenvalue weighted by atomic mass is 9.96. The van der Waals surface area contributed by atoms with Crippen molar-refractivity contribution in [1.82, 2.24) is 20.1 Å². The first-order chi connectivity index (χ1) is 12.2. The van der Waals surface area contributed by atoms with Crippen LogP contribution in [0.15, 0.2) is 28.9 Å². The first kappa shape index (κ1) is 17.6. The van der Waals surface area contributed by atoms with Crippen LogP contribution in [0.1, 0.15) is 64.3 Å². The lowest BCUT2D eigenvalue weighted by Crippen LogP contribution is -2.36. The molecule has 0 N–H and O–H groups in total. The maximum atomic E-state index is 13.0. The Bertz CT molecular complexity index is 680. The van der Waals surface area contributed by atoms with Gasteiger partial charge in [0.2, 0.25) is 17.7 Å². The minimum atomic E-state index is -0.0957. The molecule has 3 rings (SSSR count). The Morgan fingerprint density at radius 2 is 2.12 bits per heavy atom. The number of hydrogen-bond acceptors (Lipinski definition) is 5. The van der Waals surface area contributed by atoms with Crippen LogP contribution in [0, 0.1) is 5.92 Å². The van der Waals surface area contributed by atoms with Crippen LogP contribution >= 0.6 is 0 Å². The van der Waals surface area contributed by atoms with E-state index in [9.17, 15) is 4.79 Å². The van der Waals surface area contributed by atoms with Gasteiger partial charge in [-0.3, -0.25) is 9.78 Å². The first-order valence-corrected chi connectivity index (χ1v) is 9.28. The normalized spacial score (nSPS) is 17.4. The van der Waals surface area contributed by atoms with E-state index in [0.717, 1.165) is 50.6 Å². The van der Waals surface area contributed by atoms with E-state index in [1.54, 1.807) is 12.4 Å². The van der Waals surface area contributed by atoms with Gasteiger partial charge in [-0.2, -0.15) is 0 Å². The largest absolute Gasteiger partial charge is 0.418 e. The van der Waals surface area contributed by atoms with Crippen molar-refractivity contribution in [1.29, 1.82) is 0 Å². The number of amides is 1. The van der Waals surface area contributed by atoms with Gasteiger partial charge in [-0.25, -0.2) is 0 Å². The van der Waals surface area contributed by atoms with Gasteiger partial charge in [0.05, 0.1) is 5.56 Å². The number of pyridine rings is 1. The zero-order valence-electron chi connectivity index (χ0n) is 15.0. The van der Waals surface area contributed by atoms with Crippen molar-refractivity contribution in [3.05, 3.63) is 30.4 Å². The van der Waals surface area contributed by atoms with Gasteiger partial charge in [0.1, 0.15) is 6.04 Å². The van der Waals surface area contributed by atoms with Gasteiger partial charge < -0.3 is 9.32 Å². The predicted octanol–water partition coefficient (Wildman–Crippen LogP) is 4.01. The number of nitrogens with zero attached hydrogens (tertiary/aromatic N) is 4. The van der Waals surface area contributed by atoms with E-state index in [1.807, 2.05) is 17.0 Å². The van der Waals surface area contributed by atoms with Crippen LogP contribution in [0.2, 0.25) is 0 Å². The highest BCUT2D eigenvalue weighted by atomic mass is 16.4. The second-order valence-electron chi connectivity index (χ2n) is 6.65. The Morgan fingerprint density at radius 3 is 2.80 bits per heavy atom. The highest BCUT2D eigenvalue weighted by Crippen LogP contribution is 2.34. The Balaban J connectivity index is 1.77. The number of carbonyl (C=O) groups excluding carboxylic acids is 1. The van der Waals surface area contributed by atoms with E-state index in [1.165, 1.54) is 0 Å². The number of carbonyl (C=O) groups is 1. The van der Waals surface area contributed by atoms with Crippen LogP contribution in [-0.2, 0) is 4.79 Å².